The second-order valence-electron chi connectivity index (χ2n) is 5.85. The molecule has 2 aliphatic rings. The molecule has 0 N–H and O–H groups in total. The molecule has 0 radical (unpaired) electrons. The van der Waals surface area contributed by atoms with Gasteiger partial charge >= 0.3 is 5.97 Å². The van der Waals surface area contributed by atoms with Gasteiger partial charge in [-0.3, -0.25) is 4.79 Å². The molecule has 5 heteroatoms. The number of carbonyl (C=O) groups excluding carboxylic acids is 1. The average molecular weight is 325 g/mol. The van der Waals surface area contributed by atoms with Crippen molar-refractivity contribution in [1.29, 1.82) is 0 Å². The maximum absolute atomic E-state index is 11.9. The molecule has 1 aromatic carbocycles. The molecular weight excluding hydrogens is 304 g/mol. The predicted molar refractivity (Wildman–Crippen MR) is 83.0 cm³/mol. The van der Waals surface area contributed by atoms with E-state index in [4.69, 9.17) is 25.8 Å². The first-order valence-electron chi connectivity index (χ1n) is 7.94. The summed E-state index contributed by atoms with van der Waals surface area (Å²) in [4.78, 5) is 11.9. The predicted octanol–water partition coefficient (Wildman–Crippen LogP) is 4.40. The Hall–Kier alpha value is -1.26. The number of hydrogen-bond donors (Lipinski definition) is 0. The molecule has 1 spiro atoms. The van der Waals surface area contributed by atoms with Crippen molar-refractivity contribution in [3.05, 3.63) is 28.8 Å². The second-order valence-corrected chi connectivity index (χ2v) is 6.25. The van der Waals surface area contributed by atoms with Gasteiger partial charge in [0.1, 0.15) is 11.9 Å². The van der Waals surface area contributed by atoms with Gasteiger partial charge in [-0.05, 0) is 25.8 Å². The Labute approximate surface area is 135 Å². The molecule has 0 aromatic heterocycles. The molecule has 1 fully saturated rings. The summed E-state index contributed by atoms with van der Waals surface area (Å²) in [5.74, 6) is -0.245. The van der Waals surface area contributed by atoms with Gasteiger partial charge in [-0.15, -0.1) is 0 Å². The van der Waals surface area contributed by atoms with Gasteiger partial charge in [0.25, 0.3) is 0 Å². The third-order valence-electron chi connectivity index (χ3n) is 4.26. The van der Waals surface area contributed by atoms with Crippen molar-refractivity contribution in [2.24, 2.45) is 0 Å². The molecule has 0 amide bonds. The van der Waals surface area contributed by atoms with Crippen LogP contribution in [0, 0.1) is 0 Å². The van der Waals surface area contributed by atoms with Crippen molar-refractivity contribution in [3.8, 4) is 5.75 Å². The highest BCUT2D eigenvalue weighted by molar-refractivity contribution is 6.32. The Bertz CT molecular complexity index is 552. The van der Waals surface area contributed by atoms with Crippen LogP contribution in [-0.4, -0.2) is 18.4 Å². The third-order valence-corrected chi connectivity index (χ3v) is 4.56. The molecule has 1 heterocycles. The first-order valence-corrected chi connectivity index (χ1v) is 8.32. The fraction of sp³-hybridized carbons (Fsp3) is 0.588. The summed E-state index contributed by atoms with van der Waals surface area (Å²) in [5.41, 5.74) is 0.830. The number of carbonyl (C=O) groups is 1. The van der Waals surface area contributed by atoms with Crippen molar-refractivity contribution < 1.29 is 19.0 Å². The third kappa shape index (κ3) is 3.08. The number of halogens is 1. The first kappa shape index (κ1) is 15.6. The number of para-hydroxylation sites is 1. The van der Waals surface area contributed by atoms with E-state index in [1.165, 1.54) is 6.42 Å². The summed E-state index contributed by atoms with van der Waals surface area (Å²) in [5, 5.41) is 0.569. The minimum Gasteiger partial charge on any atom is -0.466 e. The lowest BCUT2D eigenvalue weighted by atomic mass is 9.91. The number of rotatable bonds is 3. The van der Waals surface area contributed by atoms with Gasteiger partial charge in [0.05, 0.1) is 18.1 Å². The van der Waals surface area contributed by atoms with Crippen molar-refractivity contribution in [2.75, 3.05) is 6.61 Å². The molecule has 120 valence electrons. The maximum Gasteiger partial charge on any atom is 0.308 e. The molecule has 1 aliphatic carbocycles. The van der Waals surface area contributed by atoms with E-state index >= 15 is 0 Å². The number of benzene rings is 1. The minimum absolute atomic E-state index is 0.187. The van der Waals surface area contributed by atoms with Gasteiger partial charge in [0.15, 0.2) is 0 Å². The molecule has 1 aromatic rings. The minimum atomic E-state index is -0.645. The van der Waals surface area contributed by atoms with E-state index in [0.717, 1.165) is 31.2 Å². The summed E-state index contributed by atoms with van der Waals surface area (Å²) in [7, 11) is 0. The lowest BCUT2D eigenvalue weighted by molar-refractivity contribution is -0.246. The van der Waals surface area contributed by atoms with Crippen LogP contribution in [0.4, 0.5) is 0 Å². The van der Waals surface area contributed by atoms with Crippen LogP contribution in [0.25, 0.3) is 0 Å². The Morgan fingerprint density at radius 1 is 1.36 bits per heavy atom. The topological polar surface area (TPSA) is 44.8 Å². The van der Waals surface area contributed by atoms with Crippen molar-refractivity contribution in [3.63, 3.8) is 0 Å². The van der Waals surface area contributed by atoms with Crippen LogP contribution in [-0.2, 0) is 14.3 Å². The zero-order chi connectivity index (χ0) is 15.6. The van der Waals surface area contributed by atoms with Crippen LogP contribution < -0.4 is 4.74 Å². The summed E-state index contributed by atoms with van der Waals surface area (Å²) in [6.45, 7) is 2.17. The number of esters is 1. The van der Waals surface area contributed by atoms with Crippen LogP contribution in [0.3, 0.4) is 0 Å². The monoisotopic (exact) mass is 324 g/mol. The second kappa shape index (κ2) is 6.47. The summed E-state index contributed by atoms with van der Waals surface area (Å²) < 4.78 is 17.5. The van der Waals surface area contributed by atoms with Crippen molar-refractivity contribution in [1.82, 2.24) is 0 Å². The highest BCUT2D eigenvalue weighted by atomic mass is 35.5. The highest BCUT2D eigenvalue weighted by Gasteiger charge is 2.44. The Kier molecular flexibility index (Phi) is 4.59. The molecule has 0 bridgehead atoms. The summed E-state index contributed by atoms with van der Waals surface area (Å²) in [6.07, 6.45) is 4.80. The molecule has 4 nitrogen and oxygen atoms in total. The Morgan fingerprint density at radius 2 is 2.14 bits per heavy atom. The smallest absolute Gasteiger partial charge is 0.308 e. The average Bonchev–Trinajstić information content (AvgIpc) is 2.49. The number of ether oxygens (including phenoxy) is 3. The molecule has 1 unspecified atom stereocenters. The van der Waals surface area contributed by atoms with Crippen LogP contribution >= 0.6 is 11.6 Å². The lowest BCUT2D eigenvalue weighted by Gasteiger charge is -2.44. The largest absolute Gasteiger partial charge is 0.466 e. The molecular formula is C17H21ClO4. The standard InChI is InChI=1S/C17H21ClO4/c1-2-20-15(19)11-14-12-7-6-8-13(18)16(12)22-17(21-14)9-4-3-5-10-17/h6-8,14H,2-5,9-11H2,1H3. The van der Waals surface area contributed by atoms with Crippen molar-refractivity contribution in [2.45, 2.75) is 57.3 Å². The summed E-state index contributed by atoms with van der Waals surface area (Å²) >= 11 is 6.31. The molecule has 1 aliphatic heterocycles. The fourth-order valence-corrected chi connectivity index (χ4v) is 3.47. The molecule has 3 rings (SSSR count). The van der Waals surface area contributed by atoms with Gasteiger partial charge in [-0.25, -0.2) is 0 Å². The van der Waals surface area contributed by atoms with Gasteiger partial charge in [0, 0.05) is 18.4 Å². The molecule has 1 saturated carbocycles. The fourth-order valence-electron chi connectivity index (χ4n) is 3.25. The van der Waals surface area contributed by atoms with E-state index in [-0.39, 0.29) is 18.5 Å². The van der Waals surface area contributed by atoms with Gasteiger partial charge in [-0.1, -0.05) is 30.2 Å². The number of fused-ring (bicyclic) bond motifs is 1. The lowest BCUT2D eigenvalue weighted by Crippen LogP contribution is -2.45. The van der Waals surface area contributed by atoms with Crippen LogP contribution in [0.1, 0.15) is 57.1 Å². The van der Waals surface area contributed by atoms with E-state index in [1.807, 2.05) is 18.2 Å². The SMILES string of the molecule is CCOC(=O)CC1OC2(CCCCC2)Oc2c(Cl)cccc21. The first-order chi connectivity index (χ1) is 10.6. The van der Waals surface area contributed by atoms with Crippen molar-refractivity contribution >= 4 is 17.6 Å². The Morgan fingerprint density at radius 3 is 2.86 bits per heavy atom. The molecule has 1 atom stereocenters. The number of hydrogen-bond acceptors (Lipinski definition) is 4. The van der Waals surface area contributed by atoms with Crippen LogP contribution in [0.5, 0.6) is 5.75 Å². The van der Waals surface area contributed by atoms with Gasteiger partial charge < -0.3 is 14.2 Å². The molecule has 22 heavy (non-hydrogen) atoms. The van der Waals surface area contributed by atoms with Crippen LogP contribution in [0.2, 0.25) is 5.02 Å². The maximum atomic E-state index is 11.9. The van der Waals surface area contributed by atoms with Crippen LogP contribution in [0.15, 0.2) is 18.2 Å². The molecule has 0 saturated heterocycles. The zero-order valence-electron chi connectivity index (χ0n) is 12.8. The highest BCUT2D eigenvalue weighted by Crippen LogP contribution is 2.48. The quantitative estimate of drug-likeness (QED) is 0.773. The summed E-state index contributed by atoms with van der Waals surface area (Å²) in [6, 6.07) is 5.56. The van der Waals surface area contributed by atoms with Gasteiger partial charge in [-0.2, -0.15) is 0 Å². The van der Waals surface area contributed by atoms with Gasteiger partial charge in [0.2, 0.25) is 5.79 Å². The van der Waals surface area contributed by atoms with E-state index in [9.17, 15) is 4.79 Å². The normalized spacial score (nSPS) is 22.7. The van der Waals surface area contributed by atoms with E-state index in [2.05, 4.69) is 0 Å². The van der Waals surface area contributed by atoms with E-state index in [0.29, 0.717) is 17.4 Å². The zero-order valence-corrected chi connectivity index (χ0v) is 13.5. The van der Waals surface area contributed by atoms with E-state index < -0.39 is 5.79 Å². The Balaban J connectivity index is 1.91. The van der Waals surface area contributed by atoms with E-state index in [1.54, 1.807) is 6.92 Å².